The number of anilines is 1. The predicted octanol–water partition coefficient (Wildman–Crippen LogP) is 3.30. The maximum absolute atomic E-state index is 12.7. The second-order valence-corrected chi connectivity index (χ2v) is 8.38. The third kappa shape index (κ3) is 4.39. The van der Waals surface area contributed by atoms with Gasteiger partial charge < -0.3 is 14.5 Å². The van der Waals surface area contributed by atoms with Gasteiger partial charge in [-0.3, -0.25) is 9.78 Å². The van der Waals surface area contributed by atoms with Gasteiger partial charge in [0.2, 0.25) is 5.91 Å². The SMILES string of the molecule is O=C(/C=C/c1cccs1)N1CCCC2(COCCN(c3cccnc3)C2)C1. The maximum Gasteiger partial charge on any atom is 0.246 e. The molecule has 1 amide bonds. The number of carbonyl (C=O) groups excluding carboxylic acids is 1. The van der Waals surface area contributed by atoms with Crippen molar-refractivity contribution in [3.05, 3.63) is 53.0 Å². The standard InChI is InChI=1S/C21H25N3O2S/c25-20(7-6-19-5-2-13-27-19)24-10-3-8-21(16-24)15-23(11-12-26-17-21)18-4-1-9-22-14-18/h1-2,4-7,9,13-14H,3,8,10-12,15-17H2/b7-6+. The Hall–Kier alpha value is -2.18. The first-order valence-electron chi connectivity index (χ1n) is 9.47. The lowest BCUT2D eigenvalue weighted by Crippen LogP contribution is -2.52. The highest BCUT2D eigenvalue weighted by molar-refractivity contribution is 7.10. The molecule has 0 aliphatic carbocycles. The Labute approximate surface area is 164 Å². The van der Waals surface area contributed by atoms with Crippen LogP contribution in [-0.2, 0) is 9.53 Å². The normalized spacial score (nSPS) is 23.7. The average Bonchev–Trinajstić information content (AvgIpc) is 3.15. The van der Waals surface area contributed by atoms with Crippen molar-refractivity contribution >= 4 is 29.0 Å². The average molecular weight is 384 g/mol. The molecule has 5 nitrogen and oxygen atoms in total. The third-order valence-electron chi connectivity index (χ3n) is 5.36. The zero-order chi connectivity index (χ0) is 18.5. The van der Waals surface area contributed by atoms with Gasteiger partial charge in [-0.1, -0.05) is 6.07 Å². The van der Waals surface area contributed by atoms with Gasteiger partial charge in [-0.15, -0.1) is 11.3 Å². The van der Waals surface area contributed by atoms with E-state index in [1.807, 2.05) is 40.8 Å². The first kappa shape index (κ1) is 18.2. The van der Waals surface area contributed by atoms with E-state index in [0.717, 1.165) is 49.6 Å². The molecule has 0 radical (unpaired) electrons. The Balaban J connectivity index is 1.47. The molecule has 4 heterocycles. The van der Waals surface area contributed by atoms with Crippen LogP contribution >= 0.6 is 11.3 Å². The number of amides is 1. The Morgan fingerprint density at radius 2 is 2.22 bits per heavy atom. The summed E-state index contributed by atoms with van der Waals surface area (Å²) in [6.45, 7) is 4.75. The summed E-state index contributed by atoms with van der Waals surface area (Å²) in [5.41, 5.74) is 1.11. The fourth-order valence-electron chi connectivity index (χ4n) is 4.04. The minimum atomic E-state index is -0.0168. The van der Waals surface area contributed by atoms with E-state index in [0.29, 0.717) is 13.2 Å². The highest BCUT2D eigenvalue weighted by Gasteiger charge is 2.40. The number of hydrogen-bond donors (Lipinski definition) is 0. The number of aromatic nitrogens is 1. The molecule has 142 valence electrons. The summed E-state index contributed by atoms with van der Waals surface area (Å²) >= 11 is 1.64. The molecular formula is C21H25N3O2S. The lowest BCUT2D eigenvalue weighted by Gasteiger charge is -2.43. The molecule has 4 rings (SSSR count). The van der Waals surface area contributed by atoms with Crippen molar-refractivity contribution in [1.29, 1.82) is 0 Å². The van der Waals surface area contributed by atoms with Gasteiger partial charge in [-0.05, 0) is 42.5 Å². The molecule has 6 heteroatoms. The van der Waals surface area contributed by atoms with E-state index in [1.54, 1.807) is 23.6 Å². The fourth-order valence-corrected chi connectivity index (χ4v) is 4.66. The molecule has 2 aromatic heterocycles. The summed E-state index contributed by atoms with van der Waals surface area (Å²) in [5.74, 6) is 0.0969. The van der Waals surface area contributed by atoms with Crippen LogP contribution < -0.4 is 4.90 Å². The minimum Gasteiger partial charge on any atom is -0.379 e. The number of thiophene rings is 1. The van der Waals surface area contributed by atoms with Gasteiger partial charge in [0, 0.05) is 48.7 Å². The minimum absolute atomic E-state index is 0.0168. The first-order chi connectivity index (χ1) is 13.2. The van der Waals surface area contributed by atoms with Crippen molar-refractivity contribution in [2.45, 2.75) is 12.8 Å². The second kappa shape index (κ2) is 8.23. The van der Waals surface area contributed by atoms with Gasteiger partial charge in [-0.2, -0.15) is 0 Å². The van der Waals surface area contributed by atoms with Crippen LogP contribution in [0.25, 0.3) is 6.08 Å². The van der Waals surface area contributed by atoms with E-state index in [9.17, 15) is 4.79 Å². The van der Waals surface area contributed by atoms with E-state index in [4.69, 9.17) is 4.74 Å². The number of pyridine rings is 1. The smallest absolute Gasteiger partial charge is 0.246 e. The fraction of sp³-hybridized carbons (Fsp3) is 0.429. The number of nitrogens with zero attached hydrogens (tertiary/aromatic N) is 3. The van der Waals surface area contributed by atoms with Crippen molar-refractivity contribution < 1.29 is 9.53 Å². The molecule has 0 saturated carbocycles. The summed E-state index contributed by atoms with van der Waals surface area (Å²) < 4.78 is 5.97. The number of piperidine rings is 1. The van der Waals surface area contributed by atoms with Gasteiger partial charge in [0.1, 0.15) is 0 Å². The van der Waals surface area contributed by atoms with Crippen molar-refractivity contribution in [3.63, 3.8) is 0 Å². The molecular weight excluding hydrogens is 358 g/mol. The number of rotatable bonds is 3. The van der Waals surface area contributed by atoms with Gasteiger partial charge in [0.05, 0.1) is 25.1 Å². The number of carbonyl (C=O) groups is 1. The van der Waals surface area contributed by atoms with Crippen LogP contribution in [0, 0.1) is 5.41 Å². The number of likely N-dealkylation sites (tertiary alicyclic amines) is 1. The molecule has 0 bridgehead atoms. The van der Waals surface area contributed by atoms with E-state index in [-0.39, 0.29) is 11.3 Å². The summed E-state index contributed by atoms with van der Waals surface area (Å²) in [6, 6.07) is 8.10. The van der Waals surface area contributed by atoms with Gasteiger partial charge in [0.25, 0.3) is 0 Å². The van der Waals surface area contributed by atoms with Crippen LogP contribution in [0.1, 0.15) is 17.7 Å². The molecule has 1 unspecified atom stereocenters. The zero-order valence-corrected chi connectivity index (χ0v) is 16.2. The number of ether oxygens (including phenoxy) is 1. The molecule has 27 heavy (non-hydrogen) atoms. The van der Waals surface area contributed by atoms with Crippen molar-refractivity contribution in [2.24, 2.45) is 5.41 Å². The summed E-state index contributed by atoms with van der Waals surface area (Å²) in [6.07, 6.45) is 9.44. The van der Waals surface area contributed by atoms with E-state index in [1.165, 1.54) is 0 Å². The van der Waals surface area contributed by atoms with Crippen molar-refractivity contribution in [2.75, 3.05) is 44.3 Å². The highest BCUT2D eigenvalue weighted by Crippen LogP contribution is 2.34. The molecule has 0 aromatic carbocycles. The first-order valence-corrected chi connectivity index (χ1v) is 10.4. The van der Waals surface area contributed by atoms with Crippen LogP contribution in [-0.4, -0.2) is 55.2 Å². The predicted molar refractivity (Wildman–Crippen MR) is 109 cm³/mol. The molecule has 2 fully saturated rings. The van der Waals surface area contributed by atoms with Crippen molar-refractivity contribution in [3.8, 4) is 0 Å². The Kier molecular flexibility index (Phi) is 5.55. The molecule has 1 atom stereocenters. The Morgan fingerprint density at radius 3 is 3.04 bits per heavy atom. The quantitative estimate of drug-likeness (QED) is 0.763. The Morgan fingerprint density at radius 1 is 1.26 bits per heavy atom. The molecule has 2 saturated heterocycles. The maximum atomic E-state index is 12.7. The van der Waals surface area contributed by atoms with E-state index in [2.05, 4.69) is 16.0 Å². The zero-order valence-electron chi connectivity index (χ0n) is 15.4. The monoisotopic (exact) mass is 383 g/mol. The lowest BCUT2D eigenvalue weighted by molar-refractivity contribution is -0.130. The summed E-state index contributed by atoms with van der Waals surface area (Å²) in [5, 5.41) is 2.02. The molecule has 0 N–H and O–H groups in total. The molecule has 2 aliphatic heterocycles. The van der Waals surface area contributed by atoms with Crippen LogP contribution in [0.2, 0.25) is 0 Å². The topological polar surface area (TPSA) is 45.7 Å². The Bertz CT molecular complexity index is 778. The second-order valence-electron chi connectivity index (χ2n) is 7.40. The third-order valence-corrected chi connectivity index (χ3v) is 6.20. The van der Waals surface area contributed by atoms with E-state index >= 15 is 0 Å². The van der Waals surface area contributed by atoms with E-state index < -0.39 is 0 Å². The molecule has 2 aliphatic rings. The van der Waals surface area contributed by atoms with Gasteiger partial charge >= 0.3 is 0 Å². The van der Waals surface area contributed by atoms with Crippen molar-refractivity contribution in [1.82, 2.24) is 9.88 Å². The molecule has 2 aromatic rings. The van der Waals surface area contributed by atoms with Crippen LogP contribution in [0.3, 0.4) is 0 Å². The van der Waals surface area contributed by atoms with Gasteiger partial charge in [0.15, 0.2) is 0 Å². The summed E-state index contributed by atoms with van der Waals surface area (Å²) in [7, 11) is 0. The number of hydrogen-bond acceptors (Lipinski definition) is 5. The summed E-state index contributed by atoms with van der Waals surface area (Å²) in [4.78, 5) is 22.5. The van der Waals surface area contributed by atoms with Crippen LogP contribution in [0.15, 0.2) is 48.1 Å². The van der Waals surface area contributed by atoms with Gasteiger partial charge in [-0.25, -0.2) is 0 Å². The highest BCUT2D eigenvalue weighted by atomic mass is 32.1. The van der Waals surface area contributed by atoms with Crippen LogP contribution in [0.5, 0.6) is 0 Å². The lowest BCUT2D eigenvalue weighted by atomic mass is 9.80. The molecule has 1 spiro atoms. The largest absolute Gasteiger partial charge is 0.379 e. The van der Waals surface area contributed by atoms with Crippen LogP contribution in [0.4, 0.5) is 5.69 Å².